The van der Waals surface area contributed by atoms with E-state index in [0.717, 1.165) is 30.2 Å². The van der Waals surface area contributed by atoms with Crippen molar-refractivity contribution in [3.05, 3.63) is 48.0 Å². The number of anilines is 2. The molecule has 18 heavy (non-hydrogen) atoms. The maximum atomic E-state index is 5.76. The first kappa shape index (κ1) is 12.4. The SMILES string of the molecule is CCN(Cc1cccc(C)n1)c1cncc(N)c1. The molecule has 0 saturated heterocycles. The van der Waals surface area contributed by atoms with E-state index in [2.05, 4.69) is 21.8 Å². The molecule has 4 heteroatoms. The van der Waals surface area contributed by atoms with Crippen molar-refractivity contribution in [1.82, 2.24) is 9.97 Å². The Kier molecular flexibility index (Phi) is 3.77. The fourth-order valence-corrected chi connectivity index (χ4v) is 1.89. The van der Waals surface area contributed by atoms with Crippen molar-refractivity contribution in [1.29, 1.82) is 0 Å². The quantitative estimate of drug-likeness (QED) is 0.894. The van der Waals surface area contributed by atoms with E-state index in [-0.39, 0.29) is 0 Å². The molecule has 0 spiro atoms. The summed E-state index contributed by atoms with van der Waals surface area (Å²) in [5.74, 6) is 0. The molecule has 0 saturated carbocycles. The molecule has 4 nitrogen and oxygen atoms in total. The summed E-state index contributed by atoms with van der Waals surface area (Å²) in [7, 11) is 0. The van der Waals surface area contributed by atoms with Crippen LogP contribution in [0, 0.1) is 6.92 Å². The zero-order valence-electron chi connectivity index (χ0n) is 10.8. The summed E-state index contributed by atoms with van der Waals surface area (Å²) in [6.45, 7) is 5.77. The van der Waals surface area contributed by atoms with Crippen LogP contribution in [0.15, 0.2) is 36.7 Å². The van der Waals surface area contributed by atoms with Gasteiger partial charge in [-0.3, -0.25) is 9.97 Å². The highest BCUT2D eigenvalue weighted by Gasteiger charge is 2.07. The van der Waals surface area contributed by atoms with Crippen LogP contribution in [0.4, 0.5) is 11.4 Å². The minimum Gasteiger partial charge on any atom is -0.397 e. The first-order chi connectivity index (χ1) is 8.69. The minimum absolute atomic E-state index is 0.683. The number of hydrogen-bond donors (Lipinski definition) is 1. The van der Waals surface area contributed by atoms with Gasteiger partial charge in [0.1, 0.15) is 0 Å². The lowest BCUT2D eigenvalue weighted by Crippen LogP contribution is -2.23. The topological polar surface area (TPSA) is 55.0 Å². The Morgan fingerprint density at radius 2 is 2.11 bits per heavy atom. The molecule has 0 atom stereocenters. The molecule has 0 bridgehead atoms. The number of pyridine rings is 2. The molecule has 0 aromatic carbocycles. The standard InChI is InChI=1S/C14H18N4/c1-3-18(14-7-12(15)8-16-9-14)10-13-6-4-5-11(2)17-13/h4-9H,3,10,15H2,1-2H3. The number of rotatable bonds is 4. The van der Waals surface area contributed by atoms with E-state index >= 15 is 0 Å². The van der Waals surface area contributed by atoms with Crippen LogP contribution in [-0.2, 0) is 6.54 Å². The summed E-state index contributed by atoms with van der Waals surface area (Å²) < 4.78 is 0. The highest BCUT2D eigenvalue weighted by Crippen LogP contribution is 2.17. The lowest BCUT2D eigenvalue weighted by molar-refractivity contribution is 0.803. The van der Waals surface area contributed by atoms with Crippen molar-refractivity contribution in [2.75, 3.05) is 17.2 Å². The van der Waals surface area contributed by atoms with Gasteiger partial charge in [0, 0.05) is 18.4 Å². The molecular weight excluding hydrogens is 224 g/mol. The monoisotopic (exact) mass is 242 g/mol. The summed E-state index contributed by atoms with van der Waals surface area (Å²) in [6, 6.07) is 8.01. The lowest BCUT2D eigenvalue weighted by Gasteiger charge is -2.22. The number of nitrogen functional groups attached to an aromatic ring is 1. The van der Waals surface area contributed by atoms with Crippen LogP contribution in [0.25, 0.3) is 0 Å². The third kappa shape index (κ3) is 2.97. The van der Waals surface area contributed by atoms with Crippen LogP contribution in [0.3, 0.4) is 0 Å². The maximum Gasteiger partial charge on any atom is 0.0602 e. The Morgan fingerprint density at radius 3 is 2.78 bits per heavy atom. The molecule has 0 amide bonds. The second-order valence-corrected chi connectivity index (χ2v) is 4.26. The molecule has 2 rings (SSSR count). The van der Waals surface area contributed by atoms with Gasteiger partial charge in [0.2, 0.25) is 0 Å². The van der Waals surface area contributed by atoms with E-state index < -0.39 is 0 Å². The summed E-state index contributed by atoms with van der Waals surface area (Å²) in [4.78, 5) is 10.8. The van der Waals surface area contributed by atoms with Crippen molar-refractivity contribution in [2.45, 2.75) is 20.4 Å². The lowest BCUT2D eigenvalue weighted by atomic mass is 10.2. The van der Waals surface area contributed by atoms with Crippen LogP contribution in [0.1, 0.15) is 18.3 Å². The Balaban J connectivity index is 2.19. The molecule has 2 N–H and O–H groups in total. The second-order valence-electron chi connectivity index (χ2n) is 4.26. The Hall–Kier alpha value is -2.10. The highest BCUT2D eigenvalue weighted by atomic mass is 15.1. The minimum atomic E-state index is 0.683. The van der Waals surface area contributed by atoms with Crippen molar-refractivity contribution < 1.29 is 0 Å². The average molecular weight is 242 g/mol. The van der Waals surface area contributed by atoms with Crippen LogP contribution in [-0.4, -0.2) is 16.5 Å². The summed E-state index contributed by atoms with van der Waals surface area (Å²) in [5.41, 5.74) is 9.57. The first-order valence-electron chi connectivity index (χ1n) is 6.07. The zero-order valence-corrected chi connectivity index (χ0v) is 10.8. The van der Waals surface area contributed by atoms with Crippen LogP contribution >= 0.6 is 0 Å². The average Bonchev–Trinajstić information content (AvgIpc) is 2.36. The number of nitrogens with two attached hydrogens (primary N) is 1. The summed E-state index contributed by atoms with van der Waals surface area (Å²) in [6.07, 6.45) is 3.48. The van der Waals surface area contributed by atoms with Crippen LogP contribution in [0.5, 0.6) is 0 Å². The molecule has 0 unspecified atom stereocenters. The predicted octanol–water partition coefficient (Wildman–Crippen LogP) is 2.39. The van der Waals surface area contributed by atoms with Crippen molar-refractivity contribution >= 4 is 11.4 Å². The fourth-order valence-electron chi connectivity index (χ4n) is 1.89. The van der Waals surface area contributed by atoms with E-state index in [9.17, 15) is 0 Å². The molecule has 2 aromatic heterocycles. The molecule has 2 heterocycles. The van der Waals surface area contributed by atoms with Gasteiger partial charge >= 0.3 is 0 Å². The second kappa shape index (κ2) is 5.49. The third-order valence-electron chi connectivity index (χ3n) is 2.79. The van der Waals surface area contributed by atoms with Crippen LogP contribution in [0.2, 0.25) is 0 Å². The molecular formula is C14H18N4. The van der Waals surface area contributed by atoms with Gasteiger partial charge in [-0.25, -0.2) is 0 Å². The van der Waals surface area contributed by atoms with Gasteiger partial charge in [0.05, 0.1) is 29.8 Å². The molecule has 2 aromatic rings. The summed E-state index contributed by atoms with van der Waals surface area (Å²) in [5, 5.41) is 0. The number of nitrogens with zero attached hydrogens (tertiary/aromatic N) is 3. The van der Waals surface area contributed by atoms with Gasteiger partial charge < -0.3 is 10.6 Å². The first-order valence-corrected chi connectivity index (χ1v) is 6.07. The van der Waals surface area contributed by atoms with Crippen molar-refractivity contribution in [3.8, 4) is 0 Å². The zero-order chi connectivity index (χ0) is 13.0. The van der Waals surface area contributed by atoms with Gasteiger partial charge in [0.15, 0.2) is 0 Å². The maximum absolute atomic E-state index is 5.76. The van der Waals surface area contributed by atoms with Gasteiger partial charge in [-0.1, -0.05) is 6.07 Å². The van der Waals surface area contributed by atoms with Crippen LogP contribution < -0.4 is 10.6 Å². The van der Waals surface area contributed by atoms with E-state index in [1.165, 1.54) is 0 Å². The molecule has 0 aliphatic carbocycles. The smallest absolute Gasteiger partial charge is 0.0602 e. The molecule has 0 aliphatic heterocycles. The molecule has 94 valence electrons. The van der Waals surface area contributed by atoms with E-state index in [1.807, 2.05) is 37.4 Å². The third-order valence-corrected chi connectivity index (χ3v) is 2.79. The molecule has 0 radical (unpaired) electrons. The van der Waals surface area contributed by atoms with Crippen molar-refractivity contribution in [3.63, 3.8) is 0 Å². The van der Waals surface area contributed by atoms with E-state index in [0.29, 0.717) is 5.69 Å². The number of hydrogen-bond acceptors (Lipinski definition) is 4. The largest absolute Gasteiger partial charge is 0.397 e. The summed E-state index contributed by atoms with van der Waals surface area (Å²) >= 11 is 0. The predicted molar refractivity (Wildman–Crippen MR) is 74.3 cm³/mol. The van der Waals surface area contributed by atoms with E-state index in [1.54, 1.807) is 6.20 Å². The number of aryl methyl sites for hydroxylation is 1. The number of aromatic nitrogens is 2. The van der Waals surface area contributed by atoms with Gasteiger partial charge in [-0.15, -0.1) is 0 Å². The molecule has 0 aliphatic rings. The molecule has 0 fully saturated rings. The van der Waals surface area contributed by atoms with Gasteiger partial charge in [-0.05, 0) is 32.0 Å². The Bertz CT molecular complexity index is 525. The van der Waals surface area contributed by atoms with Gasteiger partial charge in [-0.2, -0.15) is 0 Å². The van der Waals surface area contributed by atoms with Gasteiger partial charge in [0.25, 0.3) is 0 Å². The van der Waals surface area contributed by atoms with E-state index in [4.69, 9.17) is 5.73 Å². The fraction of sp³-hybridized carbons (Fsp3) is 0.286. The van der Waals surface area contributed by atoms with Crippen molar-refractivity contribution in [2.24, 2.45) is 0 Å². The Labute approximate surface area is 107 Å². The Morgan fingerprint density at radius 1 is 1.28 bits per heavy atom. The highest BCUT2D eigenvalue weighted by molar-refractivity contribution is 5.53. The normalized spacial score (nSPS) is 10.3.